The van der Waals surface area contributed by atoms with Crippen LogP contribution in [0.5, 0.6) is 5.75 Å². The topological polar surface area (TPSA) is 48.1 Å². The highest BCUT2D eigenvalue weighted by molar-refractivity contribution is 7.09. The van der Waals surface area contributed by atoms with Crippen LogP contribution in [0.1, 0.15) is 16.5 Å². The van der Waals surface area contributed by atoms with Crippen LogP contribution >= 0.6 is 11.3 Å². The average molecular weight is 220 g/mol. The maximum Gasteiger partial charge on any atom is 0.119 e. The van der Waals surface area contributed by atoms with Crippen LogP contribution in [0.15, 0.2) is 36.0 Å². The summed E-state index contributed by atoms with van der Waals surface area (Å²) in [6.45, 7) is 0. The van der Waals surface area contributed by atoms with Gasteiger partial charge in [-0.15, -0.1) is 11.3 Å². The summed E-state index contributed by atoms with van der Waals surface area (Å²) in [5.74, 6) is 0.826. The first-order chi connectivity index (χ1) is 7.31. The van der Waals surface area contributed by atoms with Gasteiger partial charge in [-0.3, -0.25) is 4.98 Å². The van der Waals surface area contributed by atoms with Crippen molar-refractivity contribution in [3.05, 3.63) is 46.4 Å². The lowest BCUT2D eigenvalue weighted by atomic mass is 10.1. The zero-order valence-corrected chi connectivity index (χ0v) is 9.20. The van der Waals surface area contributed by atoms with Gasteiger partial charge in [-0.05, 0) is 17.7 Å². The summed E-state index contributed by atoms with van der Waals surface area (Å²) in [4.78, 5) is 5.08. The summed E-state index contributed by atoms with van der Waals surface area (Å²) in [6, 6.07) is 7.67. The predicted octanol–water partition coefficient (Wildman–Crippen LogP) is 2.20. The van der Waals surface area contributed by atoms with Gasteiger partial charge in [0, 0.05) is 11.1 Å². The second-order valence-electron chi connectivity index (χ2n) is 3.16. The zero-order valence-electron chi connectivity index (χ0n) is 8.38. The fourth-order valence-corrected chi connectivity index (χ4v) is 2.03. The Hall–Kier alpha value is -1.39. The van der Waals surface area contributed by atoms with E-state index in [-0.39, 0.29) is 6.04 Å². The summed E-state index contributed by atoms with van der Waals surface area (Å²) in [5, 5.41) is 0. The number of aromatic nitrogens is 1. The lowest BCUT2D eigenvalue weighted by molar-refractivity contribution is 0.414. The minimum Gasteiger partial charge on any atom is -0.497 e. The predicted molar refractivity (Wildman–Crippen MR) is 61.1 cm³/mol. The first-order valence-electron chi connectivity index (χ1n) is 4.59. The van der Waals surface area contributed by atoms with Gasteiger partial charge in [0.05, 0.1) is 18.7 Å². The van der Waals surface area contributed by atoms with E-state index in [4.69, 9.17) is 10.5 Å². The molecule has 1 atom stereocenters. The molecule has 2 aromatic rings. The molecular weight excluding hydrogens is 208 g/mol. The number of methoxy groups -OCH3 is 1. The molecule has 1 aromatic carbocycles. The van der Waals surface area contributed by atoms with Crippen molar-refractivity contribution in [3.8, 4) is 5.75 Å². The molecule has 0 fully saturated rings. The Kier molecular flexibility index (Phi) is 2.99. The Balaban J connectivity index is 2.29. The van der Waals surface area contributed by atoms with Crippen molar-refractivity contribution in [2.45, 2.75) is 6.04 Å². The Labute approximate surface area is 92.5 Å². The Morgan fingerprint density at radius 3 is 3.00 bits per heavy atom. The molecule has 3 nitrogen and oxygen atoms in total. The number of nitrogens with zero attached hydrogens (tertiary/aromatic N) is 1. The molecule has 0 aliphatic rings. The van der Waals surface area contributed by atoms with Crippen molar-refractivity contribution in [3.63, 3.8) is 0 Å². The molecule has 1 aromatic heterocycles. The van der Waals surface area contributed by atoms with E-state index in [2.05, 4.69) is 4.98 Å². The van der Waals surface area contributed by atoms with Gasteiger partial charge in [0.25, 0.3) is 0 Å². The Bertz CT molecular complexity index is 428. The lowest BCUT2D eigenvalue weighted by Gasteiger charge is -2.10. The minimum atomic E-state index is -0.118. The number of ether oxygens (including phenoxy) is 1. The van der Waals surface area contributed by atoms with Crippen LogP contribution in [0, 0.1) is 0 Å². The molecular formula is C11H12N2OS. The average Bonchev–Trinajstić information content (AvgIpc) is 2.81. The molecule has 2 rings (SSSR count). The highest BCUT2D eigenvalue weighted by Gasteiger charge is 2.10. The van der Waals surface area contributed by atoms with Crippen molar-refractivity contribution < 1.29 is 4.74 Å². The standard InChI is InChI=1S/C11H12N2OS/c1-14-9-4-2-3-8(5-9)11(12)10-6-13-7-15-10/h2-7,11H,12H2,1H3. The van der Waals surface area contributed by atoms with Crippen molar-refractivity contribution in [1.29, 1.82) is 0 Å². The fraction of sp³-hybridized carbons (Fsp3) is 0.182. The van der Waals surface area contributed by atoms with E-state index in [1.165, 1.54) is 0 Å². The van der Waals surface area contributed by atoms with Crippen LogP contribution < -0.4 is 10.5 Å². The fourth-order valence-electron chi connectivity index (χ4n) is 1.38. The van der Waals surface area contributed by atoms with Gasteiger partial charge in [-0.2, -0.15) is 0 Å². The normalized spacial score (nSPS) is 12.4. The van der Waals surface area contributed by atoms with E-state index in [1.54, 1.807) is 30.2 Å². The zero-order chi connectivity index (χ0) is 10.7. The molecule has 4 heteroatoms. The third-order valence-corrected chi connectivity index (χ3v) is 3.07. The number of nitrogens with two attached hydrogens (primary N) is 1. The number of hydrogen-bond acceptors (Lipinski definition) is 4. The van der Waals surface area contributed by atoms with Crippen LogP contribution in [-0.2, 0) is 0 Å². The Morgan fingerprint density at radius 2 is 2.33 bits per heavy atom. The summed E-state index contributed by atoms with van der Waals surface area (Å²) in [6.07, 6.45) is 1.80. The van der Waals surface area contributed by atoms with Crippen LogP contribution in [-0.4, -0.2) is 12.1 Å². The van der Waals surface area contributed by atoms with E-state index in [0.717, 1.165) is 16.2 Å². The highest BCUT2D eigenvalue weighted by atomic mass is 32.1. The highest BCUT2D eigenvalue weighted by Crippen LogP contribution is 2.24. The Morgan fingerprint density at radius 1 is 1.47 bits per heavy atom. The summed E-state index contributed by atoms with van der Waals surface area (Å²) >= 11 is 1.56. The third-order valence-electron chi connectivity index (χ3n) is 2.21. The molecule has 0 aliphatic heterocycles. The summed E-state index contributed by atoms with van der Waals surface area (Å²) < 4.78 is 5.15. The van der Waals surface area contributed by atoms with Gasteiger partial charge < -0.3 is 10.5 Å². The monoisotopic (exact) mass is 220 g/mol. The van der Waals surface area contributed by atoms with Gasteiger partial charge in [-0.1, -0.05) is 12.1 Å². The van der Waals surface area contributed by atoms with Crippen molar-refractivity contribution >= 4 is 11.3 Å². The number of benzene rings is 1. The van der Waals surface area contributed by atoms with E-state index in [0.29, 0.717) is 0 Å². The van der Waals surface area contributed by atoms with E-state index in [9.17, 15) is 0 Å². The molecule has 78 valence electrons. The molecule has 1 unspecified atom stereocenters. The molecule has 15 heavy (non-hydrogen) atoms. The molecule has 0 aliphatic carbocycles. The van der Waals surface area contributed by atoms with E-state index in [1.807, 2.05) is 24.3 Å². The molecule has 0 saturated heterocycles. The van der Waals surface area contributed by atoms with Crippen LogP contribution in [0.2, 0.25) is 0 Å². The van der Waals surface area contributed by atoms with Crippen molar-refractivity contribution in [1.82, 2.24) is 4.98 Å². The second kappa shape index (κ2) is 4.42. The molecule has 2 N–H and O–H groups in total. The molecule has 0 spiro atoms. The molecule has 1 heterocycles. The summed E-state index contributed by atoms with van der Waals surface area (Å²) in [7, 11) is 1.65. The third kappa shape index (κ3) is 2.16. The first kappa shape index (κ1) is 10.1. The smallest absolute Gasteiger partial charge is 0.119 e. The minimum absolute atomic E-state index is 0.118. The van der Waals surface area contributed by atoms with Gasteiger partial charge >= 0.3 is 0 Å². The SMILES string of the molecule is COc1cccc(C(N)c2cncs2)c1. The van der Waals surface area contributed by atoms with E-state index < -0.39 is 0 Å². The number of thiazole rings is 1. The van der Waals surface area contributed by atoms with Gasteiger partial charge in [-0.25, -0.2) is 0 Å². The quantitative estimate of drug-likeness (QED) is 0.862. The van der Waals surface area contributed by atoms with Crippen LogP contribution in [0.3, 0.4) is 0 Å². The van der Waals surface area contributed by atoms with Crippen LogP contribution in [0.4, 0.5) is 0 Å². The maximum atomic E-state index is 6.10. The van der Waals surface area contributed by atoms with Gasteiger partial charge in [0.15, 0.2) is 0 Å². The number of rotatable bonds is 3. The lowest BCUT2D eigenvalue weighted by Crippen LogP contribution is -2.10. The largest absolute Gasteiger partial charge is 0.497 e. The van der Waals surface area contributed by atoms with E-state index >= 15 is 0 Å². The molecule has 0 bridgehead atoms. The van der Waals surface area contributed by atoms with Crippen molar-refractivity contribution in [2.75, 3.05) is 7.11 Å². The number of hydrogen-bond donors (Lipinski definition) is 1. The van der Waals surface area contributed by atoms with Gasteiger partial charge in [0.1, 0.15) is 5.75 Å². The summed E-state index contributed by atoms with van der Waals surface area (Å²) in [5.41, 5.74) is 8.93. The molecule has 0 amide bonds. The molecule has 0 radical (unpaired) electrons. The first-order valence-corrected chi connectivity index (χ1v) is 5.47. The van der Waals surface area contributed by atoms with Crippen LogP contribution in [0.25, 0.3) is 0 Å². The second-order valence-corrected chi connectivity index (χ2v) is 4.08. The maximum absolute atomic E-state index is 6.10. The van der Waals surface area contributed by atoms with Crippen molar-refractivity contribution in [2.24, 2.45) is 5.73 Å². The molecule has 0 saturated carbocycles. The van der Waals surface area contributed by atoms with Gasteiger partial charge in [0.2, 0.25) is 0 Å².